The van der Waals surface area contributed by atoms with E-state index in [9.17, 15) is 9.18 Å². The van der Waals surface area contributed by atoms with E-state index in [1.807, 2.05) is 24.3 Å². The van der Waals surface area contributed by atoms with Gasteiger partial charge in [0.15, 0.2) is 0 Å². The van der Waals surface area contributed by atoms with Crippen LogP contribution in [0.5, 0.6) is 0 Å². The van der Waals surface area contributed by atoms with Gasteiger partial charge < -0.3 is 4.52 Å². The van der Waals surface area contributed by atoms with Crippen molar-refractivity contribution in [3.63, 3.8) is 0 Å². The van der Waals surface area contributed by atoms with Crippen LogP contribution in [0.2, 0.25) is 5.02 Å². The fourth-order valence-electron chi connectivity index (χ4n) is 3.34. The molecule has 0 aliphatic rings. The minimum Gasteiger partial charge on any atom is -0.334 e. The molecule has 7 heteroatoms. The van der Waals surface area contributed by atoms with Crippen molar-refractivity contribution >= 4 is 22.4 Å². The highest BCUT2D eigenvalue weighted by molar-refractivity contribution is 6.33. The van der Waals surface area contributed by atoms with E-state index in [0.717, 1.165) is 0 Å². The molecule has 0 unspecified atom stereocenters. The Labute approximate surface area is 175 Å². The Bertz CT molecular complexity index is 1440. The summed E-state index contributed by atoms with van der Waals surface area (Å²) in [6, 6.07) is 20.1. The van der Waals surface area contributed by atoms with Crippen LogP contribution < -0.4 is 5.56 Å². The van der Waals surface area contributed by atoms with Gasteiger partial charge in [-0.15, -0.1) is 0 Å². The van der Waals surface area contributed by atoms with Crippen molar-refractivity contribution in [1.29, 1.82) is 0 Å². The van der Waals surface area contributed by atoms with E-state index in [4.69, 9.17) is 16.1 Å². The molecule has 0 aliphatic carbocycles. The minimum atomic E-state index is -0.380. The maximum Gasteiger partial charge on any atom is 0.262 e. The first-order valence-corrected chi connectivity index (χ1v) is 9.49. The van der Waals surface area contributed by atoms with Gasteiger partial charge in [0.05, 0.1) is 10.6 Å². The molecule has 0 radical (unpaired) electrons. The van der Waals surface area contributed by atoms with E-state index in [1.54, 1.807) is 30.5 Å². The first kappa shape index (κ1) is 18.3. The summed E-state index contributed by atoms with van der Waals surface area (Å²) in [5, 5.41) is 5.72. The van der Waals surface area contributed by atoms with Crippen molar-refractivity contribution in [2.24, 2.45) is 0 Å². The van der Waals surface area contributed by atoms with Gasteiger partial charge in [-0.3, -0.25) is 9.36 Å². The lowest BCUT2D eigenvalue weighted by Gasteiger charge is -2.10. The Balaban J connectivity index is 1.74. The lowest BCUT2D eigenvalue weighted by Crippen LogP contribution is -2.18. The number of fused-ring (bicyclic) bond motifs is 1. The number of pyridine rings is 1. The molecular formula is C23H13ClFN3O2. The Hall–Kier alpha value is -3.77. The molecule has 0 bridgehead atoms. The van der Waals surface area contributed by atoms with Crippen LogP contribution in [-0.2, 0) is 0 Å². The van der Waals surface area contributed by atoms with Gasteiger partial charge in [-0.2, -0.15) is 4.98 Å². The molecule has 0 spiro atoms. The van der Waals surface area contributed by atoms with Gasteiger partial charge in [0.25, 0.3) is 11.4 Å². The molecule has 3 aromatic carbocycles. The first-order valence-electron chi connectivity index (χ1n) is 9.11. The van der Waals surface area contributed by atoms with Crippen molar-refractivity contribution in [3.8, 4) is 28.5 Å². The molecule has 0 saturated heterocycles. The average molecular weight is 418 g/mol. The molecule has 146 valence electrons. The van der Waals surface area contributed by atoms with E-state index in [1.165, 1.54) is 28.8 Å². The molecule has 0 amide bonds. The van der Waals surface area contributed by atoms with Crippen LogP contribution in [0, 0.1) is 5.82 Å². The second kappa shape index (κ2) is 7.24. The molecule has 0 aliphatic heterocycles. The van der Waals surface area contributed by atoms with E-state index in [0.29, 0.717) is 38.4 Å². The van der Waals surface area contributed by atoms with Gasteiger partial charge >= 0.3 is 0 Å². The summed E-state index contributed by atoms with van der Waals surface area (Å²) >= 11 is 6.25. The van der Waals surface area contributed by atoms with Crippen molar-refractivity contribution in [2.75, 3.05) is 0 Å². The summed E-state index contributed by atoms with van der Waals surface area (Å²) in [4.78, 5) is 17.6. The smallest absolute Gasteiger partial charge is 0.262 e. The number of aromatic nitrogens is 3. The maximum absolute atomic E-state index is 13.4. The summed E-state index contributed by atoms with van der Waals surface area (Å²) in [5.74, 6) is 0.213. The fourth-order valence-corrected chi connectivity index (χ4v) is 3.56. The van der Waals surface area contributed by atoms with E-state index in [2.05, 4.69) is 10.1 Å². The summed E-state index contributed by atoms with van der Waals surface area (Å²) in [5.41, 5.74) is 1.52. The van der Waals surface area contributed by atoms with Gasteiger partial charge in [-0.1, -0.05) is 47.1 Å². The molecule has 0 atom stereocenters. The van der Waals surface area contributed by atoms with Crippen LogP contribution in [-0.4, -0.2) is 14.7 Å². The van der Waals surface area contributed by atoms with Gasteiger partial charge in [0.1, 0.15) is 5.82 Å². The van der Waals surface area contributed by atoms with Crippen LogP contribution in [0.3, 0.4) is 0 Å². The van der Waals surface area contributed by atoms with Gasteiger partial charge in [-0.25, -0.2) is 4.39 Å². The molecule has 2 heterocycles. The van der Waals surface area contributed by atoms with Crippen molar-refractivity contribution in [1.82, 2.24) is 14.7 Å². The zero-order chi connectivity index (χ0) is 20.7. The predicted molar refractivity (Wildman–Crippen MR) is 113 cm³/mol. The van der Waals surface area contributed by atoms with E-state index >= 15 is 0 Å². The summed E-state index contributed by atoms with van der Waals surface area (Å²) in [6.07, 6.45) is 1.63. The van der Waals surface area contributed by atoms with Gasteiger partial charge in [0, 0.05) is 28.2 Å². The molecule has 0 fully saturated rings. The molecular weight excluding hydrogens is 405 g/mol. The number of hydrogen-bond donors (Lipinski definition) is 0. The van der Waals surface area contributed by atoms with Gasteiger partial charge in [-0.05, 0) is 42.5 Å². The van der Waals surface area contributed by atoms with Crippen LogP contribution in [0.25, 0.3) is 39.3 Å². The molecule has 2 aromatic heterocycles. The van der Waals surface area contributed by atoms with Crippen LogP contribution in [0.15, 0.2) is 88.3 Å². The van der Waals surface area contributed by atoms with Crippen LogP contribution in [0.1, 0.15) is 0 Å². The Kier molecular flexibility index (Phi) is 4.41. The normalized spacial score (nSPS) is 11.1. The third-order valence-electron chi connectivity index (χ3n) is 4.80. The minimum absolute atomic E-state index is 0.230. The number of rotatable bonds is 3. The highest BCUT2D eigenvalue weighted by Crippen LogP contribution is 2.30. The fraction of sp³-hybridized carbons (Fsp3) is 0. The SMILES string of the molecule is O=c1c2ccccc2c(-c2nc(-c3ccccc3Cl)no2)cn1-c1ccc(F)cc1. The highest BCUT2D eigenvalue weighted by atomic mass is 35.5. The number of hydrogen-bond acceptors (Lipinski definition) is 4. The number of halogens is 2. The highest BCUT2D eigenvalue weighted by Gasteiger charge is 2.18. The first-order chi connectivity index (χ1) is 14.6. The average Bonchev–Trinajstić information content (AvgIpc) is 3.25. The molecule has 0 N–H and O–H groups in total. The molecule has 5 rings (SSSR count). The van der Waals surface area contributed by atoms with E-state index in [-0.39, 0.29) is 17.3 Å². The van der Waals surface area contributed by atoms with Crippen molar-refractivity contribution in [2.45, 2.75) is 0 Å². The second-order valence-electron chi connectivity index (χ2n) is 6.64. The zero-order valence-corrected chi connectivity index (χ0v) is 16.2. The zero-order valence-electron chi connectivity index (χ0n) is 15.4. The second-order valence-corrected chi connectivity index (χ2v) is 7.05. The van der Waals surface area contributed by atoms with Crippen molar-refractivity contribution < 1.29 is 8.91 Å². The topological polar surface area (TPSA) is 60.9 Å². The van der Waals surface area contributed by atoms with Gasteiger partial charge in [0.2, 0.25) is 5.82 Å². The Morgan fingerprint density at radius 2 is 1.57 bits per heavy atom. The third-order valence-corrected chi connectivity index (χ3v) is 5.13. The largest absolute Gasteiger partial charge is 0.334 e. The van der Waals surface area contributed by atoms with E-state index < -0.39 is 0 Å². The molecule has 0 saturated carbocycles. The predicted octanol–water partition coefficient (Wildman–Crippen LogP) is 5.50. The van der Waals surface area contributed by atoms with Crippen LogP contribution >= 0.6 is 11.6 Å². The maximum atomic E-state index is 13.4. The molecule has 30 heavy (non-hydrogen) atoms. The quantitative estimate of drug-likeness (QED) is 0.389. The Morgan fingerprint density at radius 3 is 2.33 bits per heavy atom. The molecule has 5 aromatic rings. The standard InChI is InChI=1S/C23H13ClFN3O2/c24-20-8-4-3-7-18(20)21-26-22(30-27-21)19-13-28(15-11-9-14(25)10-12-15)23(29)17-6-2-1-5-16(17)19/h1-13H. The number of nitrogens with zero attached hydrogens (tertiary/aromatic N) is 3. The van der Waals surface area contributed by atoms with Crippen LogP contribution in [0.4, 0.5) is 4.39 Å². The van der Waals surface area contributed by atoms with Crippen molar-refractivity contribution in [3.05, 3.63) is 100 Å². The molecule has 5 nitrogen and oxygen atoms in total. The summed E-state index contributed by atoms with van der Waals surface area (Å²) < 4.78 is 20.3. The Morgan fingerprint density at radius 1 is 0.867 bits per heavy atom. The lowest BCUT2D eigenvalue weighted by atomic mass is 10.1. The lowest BCUT2D eigenvalue weighted by molar-refractivity contribution is 0.432. The monoisotopic (exact) mass is 417 g/mol. The summed E-state index contributed by atoms with van der Waals surface area (Å²) in [6.45, 7) is 0. The number of benzene rings is 3. The third kappa shape index (κ3) is 3.07. The summed E-state index contributed by atoms with van der Waals surface area (Å²) in [7, 11) is 0.